The van der Waals surface area contributed by atoms with Crippen molar-refractivity contribution in [3.05, 3.63) is 0 Å². The Balaban J connectivity index is 2.44. The van der Waals surface area contributed by atoms with Gasteiger partial charge in [-0.15, -0.1) is 0 Å². The van der Waals surface area contributed by atoms with Crippen LogP contribution in [0.4, 0.5) is 0 Å². The van der Waals surface area contributed by atoms with Crippen molar-refractivity contribution in [2.24, 2.45) is 5.73 Å². The first-order chi connectivity index (χ1) is 8.59. The van der Waals surface area contributed by atoms with Crippen LogP contribution in [0.1, 0.15) is 44.9 Å². The third-order valence-corrected chi connectivity index (χ3v) is 5.45. The summed E-state index contributed by atoms with van der Waals surface area (Å²) in [7, 11) is -1.55. The highest BCUT2D eigenvalue weighted by molar-refractivity contribution is 7.86. The standard InChI is InChI=1S/C12H27N3O2S/c1-14(10-6-4-5-9-13)18(16,17)15-11-7-2-3-8-12-15/h2-13H2,1H3. The van der Waals surface area contributed by atoms with Crippen molar-refractivity contribution in [1.82, 2.24) is 8.61 Å². The van der Waals surface area contributed by atoms with Crippen LogP contribution in [0.15, 0.2) is 0 Å². The molecular formula is C12H27N3O2S. The number of nitrogens with zero attached hydrogens (tertiary/aromatic N) is 2. The predicted octanol–water partition coefficient (Wildman–Crippen LogP) is 1.17. The van der Waals surface area contributed by atoms with Crippen LogP contribution >= 0.6 is 0 Å². The second kappa shape index (κ2) is 8.09. The molecule has 0 bridgehead atoms. The average molecular weight is 277 g/mol. The van der Waals surface area contributed by atoms with E-state index < -0.39 is 10.2 Å². The van der Waals surface area contributed by atoms with Gasteiger partial charge < -0.3 is 5.73 Å². The van der Waals surface area contributed by atoms with Gasteiger partial charge in [0.15, 0.2) is 0 Å². The van der Waals surface area contributed by atoms with Gasteiger partial charge in [0.05, 0.1) is 0 Å². The van der Waals surface area contributed by atoms with Crippen molar-refractivity contribution >= 4 is 10.2 Å². The van der Waals surface area contributed by atoms with E-state index in [9.17, 15) is 8.42 Å². The van der Waals surface area contributed by atoms with E-state index in [2.05, 4.69) is 0 Å². The van der Waals surface area contributed by atoms with E-state index >= 15 is 0 Å². The fourth-order valence-corrected chi connectivity index (χ4v) is 3.71. The third kappa shape index (κ3) is 4.84. The molecule has 0 aliphatic carbocycles. The Morgan fingerprint density at radius 1 is 1.06 bits per heavy atom. The molecule has 0 aromatic heterocycles. The number of hydrogen-bond acceptors (Lipinski definition) is 3. The fraction of sp³-hybridized carbons (Fsp3) is 1.00. The van der Waals surface area contributed by atoms with Crippen LogP contribution in [0.3, 0.4) is 0 Å². The Morgan fingerprint density at radius 3 is 2.22 bits per heavy atom. The molecule has 0 amide bonds. The van der Waals surface area contributed by atoms with E-state index in [1.165, 1.54) is 4.31 Å². The summed E-state index contributed by atoms with van der Waals surface area (Å²) in [6.07, 6.45) is 7.12. The second-order valence-electron chi connectivity index (χ2n) is 4.99. The molecule has 1 rings (SSSR count). The molecule has 18 heavy (non-hydrogen) atoms. The molecule has 0 radical (unpaired) electrons. The van der Waals surface area contributed by atoms with E-state index in [1.54, 1.807) is 11.4 Å². The van der Waals surface area contributed by atoms with E-state index in [4.69, 9.17) is 5.73 Å². The van der Waals surface area contributed by atoms with E-state index in [0.717, 1.165) is 44.9 Å². The molecule has 6 heteroatoms. The molecule has 1 saturated heterocycles. The largest absolute Gasteiger partial charge is 0.330 e. The van der Waals surface area contributed by atoms with Crippen LogP contribution in [0.25, 0.3) is 0 Å². The maximum Gasteiger partial charge on any atom is 0.281 e. The van der Waals surface area contributed by atoms with Gasteiger partial charge in [0.25, 0.3) is 10.2 Å². The first kappa shape index (κ1) is 15.9. The number of unbranched alkanes of at least 4 members (excludes halogenated alkanes) is 2. The number of nitrogens with two attached hydrogens (primary N) is 1. The Labute approximate surface area is 112 Å². The van der Waals surface area contributed by atoms with Crippen molar-refractivity contribution in [2.45, 2.75) is 44.9 Å². The predicted molar refractivity (Wildman–Crippen MR) is 74.5 cm³/mol. The zero-order chi connectivity index (χ0) is 13.4. The van der Waals surface area contributed by atoms with Crippen LogP contribution in [0.2, 0.25) is 0 Å². The van der Waals surface area contributed by atoms with Crippen LogP contribution < -0.4 is 5.73 Å². The summed E-state index contributed by atoms with van der Waals surface area (Å²) in [5.41, 5.74) is 5.43. The third-order valence-electron chi connectivity index (χ3n) is 3.46. The van der Waals surface area contributed by atoms with Crippen molar-refractivity contribution in [1.29, 1.82) is 0 Å². The molecule has 0 aromatic rings. The minimum Gasteiger partial charge on any atom is -0.330 e. The summed E-state index contributed by atoms with van der Waals surface area (Å²) in [5, 5.41) is 0. The summed E-state index contributed by atoms with van der Waals surface area (Å²) in [4.78, 5) is 0. The Hall–Kier alpha value is -0.170. The monoisotopic (exact) mass is 277 g/mol. The normalized spacial score (nSPS) is 19.1. The van der Waals surface area contributed by atoms with Gasteiger partial charge in [-0.05, 0) is 32.2 Å². The summed E-state index contributed by atoms with van der Waals surface area (Å²) in [6, 6.07) is 0. The molecule has 1 aliphatic rings. The second-order valence-corrected chi connectivity index (χ2v) is 7.03. The molecule has 1 fully saturated rings. The molecule has 2 N–H and O–H groups in total. The van der Waals surface area contributed by atoms with Crippen LogP contribution in [0, 0.1) is 0 Å². The first-order valence-corrected chi connectivity index (χ1v) is 8.40. The molecule has 0 unspecified atom stereocenters. The van der Waals surface area contributed by atoms with Crippen LogP contribution in [0.5, 0.6) is 0 Å². The zero-order valence-electron chi connectivity index (χ0n) is 11.5. The van der Waals surface area contributed by atoms with E-state index in [0.29, 0.717) is 26.2 Å². The topological polar surface area (TPSA) is 66.6 Å². The molecule has 5 nitrogen and oxygen atoms in total. The highest BCUT2D eigenvalue weighted by atomic mass is 32.2. The molecule has 0 spiro atoms. The fourth-order valence-electron chi connectivity index (χ4n) is 2.24. The summed E-state index contributed by atoms with van der Waals surface area (Å²) in [5.74, 6) is 0. The van der Waals surface area contributed by atoms with E-state index in [1.807, 2.05) is 0 Å². The molecule has 0 aromatic carbocycles. The van der Waals surface area contributed by atoms with Crippen LogP contribution in [-0.2, 0) is 10.2 Å². The number of rotatable bonds is 7. The van der Waals surface area contributed by atoms with Crippen molar-refractivity contribution in [3.8, 4) is 0 Å². The van der Waals surface area contributed by atoms with Crippen molar-refractivity contribution in [3.63, 3.8) is 0 Å². The van der Waals surface area contributed by atoms with Gasteiger partial charge in [0, 0.05) is 26.7 Å². The highest BCUT2D eigenvalue weighted by Crippen LogP contribution is 2.15. The van der Waals surface area contributed by atoms with Gasteiger partial charge >= 0.3 is 0 Å². The summed E-state index contributed by atoms with van der Waals surface area (Å²) >= 11 is 0. The average Bonchev–Trinajstić information content (AvgIpc) is 2.63. The summed E-state index contributed by atoms with van der Waals surface area (Å²) in [6.45, 7) is 2.63. The lowest BCUT2D eigenvalue weighted by Crippen LogP contribution is -2.42. The minimum atomic E-state index is -3.24. The molecule has 0 atom stereocenters. The lowest BCUT2D eigenvalue weighted by atomic mass is 10.2. The first-order valence-electron chi connectivity index (χ1n) is 7.00. The molecule has 0 saturated carbocycles. The Bertz CT molecular complexity index is 311. The van der Waals surface area contributed by atoms with Gasteiger partial charge in [-0.3, -0.25) is 0 Å². The number of hydrogen-bond donors (Lipinski definition) is 1. The smallest absolute Gasteiger partial charge is 0.281 e. The molecule has 108 valence electrons. The minimum absolute atomic E-state index is 0.596. The Morgan fingerprint density at radius 2 is 1.67 bits per heavy atom. The lowest BCUT2D eigenvalue weighted by Gasteiger charge is -2.26. The lowest BCUT2D eigenvalue weighted by molar-refractivity contribution is 0.361. The van der Waals surface area contributed by atoms with Crippen molar-refractivity contribution < 1.29 is 8.42 Å². The van der Waals surface area contributed by atoms with Crippen molar-refractivity contribution in [2.75, 3.05) is 33.2 Å². The zero-order valence-corrected chi connectivity index (χ0v) is 12.3. The van der Waals surface area contributed by atoms with Gasteiger partial charge in [0.2, 0.25) is 0 Å². The van der Waals surface area contributed by atoms with Gasteiger partial charge in [0.1, 0.15) is 0 Å². The SMILES string of the molecule is CN(CCCCCN)S(=O)(=O)N1CCCCCC1. The van der Waals surface area contributed by atoms with Gasteiger partial charge in [-0.1, -0.05) is 19.3 Å². The molecule has 1 heterocycles. The molecule has 1 aliphatic heterocycles. The van der Waals surface area contributed by atoms with Crippen LogP contribution in [-0.4, -0.2) is 50.3 Å². The quantitative estimate of drug-likeness (QED) is 0.710. The maximum absolute atomic E-state index is 12.3. The highest BCUT2D eigenvalue weighted by Gasteiger charge is 2.26. The molecular weight excluding hydrogens is 250 g/mol. The van der Waals surface area contributed by atoms with Gasteiger partial charge in [-0.25, -0.2) is 0 Å². The van der Waals surface area contributed by atoms with E-state index in [-0.39, 0.29) is 0 Å². The maximum atomic E-state index is 12.3. The summed E-state index contributed by atoms with van der Waals surface area (Å²) < 4.78 is 27.8. The van der Waals surface area contributed by atoms with Gasteiger partial charge in [-0.2, -0.15) is 17.0 Å². The Kier molecular flexibility index (Phi) is 7.14.